The van der Waals surface area contributed by atoms with Gasteiger partial charge in [0.25, 0.3) is 0 Å². The summed E-state index contributed by atoms with van der Waals surface area (Å²) >= 11 is 11.9. The van der Waals surface area contributed by atoms with Crippen molar-refractivity contribution in [2.24, 2.45) is 29.6 Å². The van der Waals surface area contributed by atoms with Gasteiger partial charge in [-0.2, -0.15) is 0 Å². The summed E-state index contributed by atoms with van der Waals surface area (Å²) in [5.74, 6) is 0.954. The molecule has 0 spiro atoms. The molecule has 2 aromatic rings. The third-order valence-corrected chi connectivity index (χ3v) is 15.1. The Morgan fingerprint density at radius 3 is 2.34 bits per heavy atom. The van der Waals surface area contributed by atoms with Crippen LogP contribution in [-0.2, 0) is 4.74 Å². The van der Waals surface area contributed by atoms with Crippen molar-refractivity contribution in [2.45, 2.75) is 83.3 Å². The molecule has 7 rings (SSSR count). The molecular formula is C55H74Cl2F3N7O. The van der Waals surface area contributed by atoms with Crippen LogP contribution in [0.15, 0.2) is 116 Å². The van der Waals surface area contributed by atoms with E-state index in [4.69, 9.17) is 27.9 Å². The monoisotopic (exact) mass is 976 g/mol. The van der Waals surface area contributed by atoms with Gasteiger partial charge in [0.2, 0.25) is 0 Å². The van der Waals surface area contributed by atoms with Crippen molar-refractivity contribution in [2.75, 3.05) is 78.0 Å². The van der Waals surface area contributed by atoms with Crippen LogP contribution in [0.2, 0.25) is 5.02 Å². The maximum absolute atomic E-state index is 16.5. The first-order valence-electron chi connectivity index (χ1n) is 24.6. The first-order valence-corrected chi connectivity index (χ1v) is 25.4. The quantitative estimate of drug-likeness (QED) is 0.140. The highest BCUT2D eigenvalue weighted by atomic mass is 35.5. The molecule has 2 aliphatic heterocycles. The van der Waals surface area contributed by atoms with Gasteiger partial charge >= 0.3 is 0 Å². The summed E-state index contributed by atoms with van der Waals surface area (Å²) in [4.78, 5) is 18.0. The number of likely N-dealkylation sites (tertiary alicyclic amines) is 1. The Hall–Kier alpha value is -4.13. The average Bonchev–Trinajstić information content (AvgIpc) is 3.33. The standard InChI is InChI=1S/C52H69ClF3N7O.C3H5Cl/c1-7-38-29-40(54)30-42(44(38)33-60(6)41(8-2)18-13-35(4)57-5)39-19-22-62(23-20-39)32-37-16-14-36(15-17-37)21-28-64-47-12-10-11-46(55)49(47)48-45(53)31-43-51(50(48)56)58-34-59-52(43)63-26-24-61(9-3)25-27-63;1-3(2)4/h7-11,29-31,34,36-39,41,44,47,57H,1-4,12-28,32-33H2,5-6H3;1H2,2H3. The number of hydrogen-bond donors (Lipinski definition) is 1. The Balaban J connectivity index is 0.00000183. The van der Waals surface area contributed by atoms with Gasteiger partial charge in [-0.1, -0.05) is 79.6 Å². The van der Waals surface area contributed by atoms with E-state index in [1.54, 1.807) is 25.1 Å². The zero-order valence-electron chi connectivity index (χ0n) is 40.7. The molecule has 0 bridgehead atoms. The summed E-state index contributed by atoms with van der Waals surface area (Å²) in [6.45, 7) is 28.6. The zero-order chi connectivity index (χ0) is 48.9. The lowest BCUT2D eigenvalue weighted by Gasteiger charge is -2.41. The molecule has 3 fully saturated rings. The number of fused-ring (bicyclic) bond motifs is 1. The number of ether oxygens (including phenoxy) is 1. The molecule has 2 saturated heterocycles. The average molecular weight is 977 g/mol. The number of halogens is 5. The number of anilines is 1. The van der Waals surface area contributed by atoms with E-state index in [2.05, 4.69) is 74.8 Å². The van der Waals surface area contributed by atoms with Crippen molar-refractivity contribution in [1.29, 1.82) is 0 Å². The molecule has 1 aromatic heterocycles. The smallest absolute Gasteiger partial charge is 0.158 e. The van der Waals surface area contributed by atoms with Gasteiger partial charge in [-0.05, 0) is 127 Å². The van der Waals surface area contributed by atoms with Crippen molar-refractivity contribution in [3.63, 3.8) is 0 Å². The molecule has 3 heterocycles. The van der Waals surface area contributed by atoms with Crippen LogP contribution >= 0.6 is 23.2 Å². The van der Waals surface area contributed by atoms with Crippen LogP contribution in [0.1, 0.15) is 76.7 Å². The van der Waals surface area contributed by atoms with Gasteiger partial charge in [-0.3, -0.25) is 4.90 Å². The molecule has 68 heavy (non-hydrogen) atoms. The molecule has 0 radical (unpaired) electrons. The Kier molecular flexibility index (Phi) is 20.1. The fraction of sp³-hybridized carbons (Fsp3) is 0.527. The zero-order valence-corrected chi connectivity index (χ0v) is 42.2. The lowest BCUT2D eigenvalue weighted by molar-refractivity contribution is 0.0709. The second kappa shape index (κ2) is 25.6. The van der Waals surface area contributed by atoms with E-state index in [0.29, 0.717) is 60.1 Å². The van der Waals surface area contributed by atoms with Crippen molar-refractivity contribution in [3.05, 3.63) is 132 Å². The fourth-order valence-electron chi connectivity index (χ4n) is 10.8. The van der Waals surface area contributed by atoms with Gasteiger partial charge in [-0.25, -0.2) is 23.1 Å². The van der Waals surface area contributed by atoms with E-state index < -0.39 is 17.7 Å². The molecule has 1 N–H and O–H groups in total. The van der Waals surface area contributed by atoms with Crippen molar-refractivity contribution in [3.8, 4) is 0 Å². The fourth-order valence-corrected chi connectivity index (χ4v) is 11.1. The number of aromatic nitrogens is 2. The number of nitrogens with one attached hydrogen (secondary N) is 1. The van der Waals surface area contributed by atoms with Gasteiger partial charge in [0.1, 0.15) is 29.3 Å². The number of likely N-dealkylation sites (N-methyl/N-ethyl adjacent to an activating group) is 1. The second-order valence-electron chi connectivity index (χ2n) is 19.3. The first-order chi connectivity index (χ1) is 32.7. The highest BCUT2D eigenvalue weighted by Crippen LogP contribution is 2.43. The number of nitrogens with zero attached hydrogens (tertiary/aromatic N) is 6. The Morgan fingerprint density at radius 1 is 1.00 bits per heavy atom. The van der Waals surface area contributed by atoms with E-state index in [9.17, 15) is 0 Å². The predicted octanol–water partition coefficient (Wildman–Crippen LogP) is 12.6. The molecule has 8 nitrogen and oxygen atoms in total. The molecule has 4 atom stereocenters. The molecule has 3 aliphatic carbocycles. The molecule has 5 aliphatic rings. The Morgan fingerprint density at radius 2 is 1.69 bits per heavy atom. The molecule has 370 valence electrons. The van der Waals surface area contributed by atoms with Crippen molar-refractivity contribution >= 4 is 45.5 Å². The van der Waals surface area contributed by atoms with Crippen LogP contribution < -0.4 is 10.2 Å². The Bertz CT molecular complexity index is 2210. The molecule has 1 aromatic carbocycles. The molecular weight excluding hydrogens is 903 g/mol. The largest absolute Gasteiger partial charge is 0.392 e. The summed E-state index contributed by atoms with van der Waals surface area (Å²) < 4.78 is 53.7. The van der Waals surface area contributed by atoms with Crippen LogP contribution in [0.25, 0.3) is 16.5 Å². The van der Waals surface area contributed by atoms with Gasteiger partial charge in [0.05, 0.1) is 11.1 Å². The minimum atomic E-state index is -0.656. The molecule has 4 unspecified atom stereocenters. The van der Waals surface area contributed by atoms with Gasteiger partial charge in [0, 0.05) is 98.1 Å². The topological polar surface area (TPSA) is 60.0 Å². The van der Waals surface area contributed by atoms with E-state index >= 15 is 13.2 Å². The molecule has 1 saturated carbocycles. The van der Waals surface area contributed by atoms with Crippen molar-refractivity contribution in [1.82, 2.24) is 30.0 Å². The van der Waals surface area contributed by atoms with Crippen LogP contribution in [0.4, 0.5) is 19.0 Å². The highest BCUT2D eigenvalue weighted by Gasteiger charge is 2.36. The number of hydrogen-bond acceptors (Lipinski definition) is 8. The van der Waals surface area contributed by atoms with E-state index in [1.807, 2.05) is 31.5 Å². The van der Waals surface area contributed by atoms with Gasteiger partial charge in [0.15, 0.2) is 5.82 Å². The number of allylic oxidation sites excluding steroid dienone is 8. The maximum Gasteiger partial charge on any atom is 0.158 e. The van der Waals surface area contributed by atoms with Gasteiger partial charge < -0.3 is 24.8 Å². The van der Waals surface area contributed by atoms with Crippen LogP contribution in [0, 0.1) is 35.4 Å². The Labute approximate surface area is 414 Å². The van der Waals surface area contributed by atoms with Crippen LogP contribution in [-0.4, -0.2) is 110 Å². The van der Waals surface area contributed by atoms with Crippen molar-refractivity contribution < 1.29 is 17.9 Å². The highest BCUT2D eigenvalue weighted by molar-refractivity contribution is 6.33. The normalized spacial score (nSPS) is 24.2. The predicted molar refractivity (Wildman–Crippen MR) is 278 cm³/mol. The first kappa shape index (κ1) is 53.2. The summed E-state index contributed by atoms with van der Waals surface area (Å²) in [6.07, 6.45) is 22.9. The van der Waals surface area contributed by atoms with Crippen LogP contribution in [0.3, 0.4) is 0 Å². The van der Waals surface area contributed by atoms with E-state index in [-0.39, 0.29) is 45.4 Å². The number of rotatable bonds is 19. The summed E-state index contributed by atoms with van der Waals surface area (Å²) in [6, 6.07) is 1.88. The lowest BCUT2D eigenvalue weighted by atomic mass is 9.73. The number of piperidine rings is 1. The van der Waals surface area contributed by atoms with E-state index in [1.165, 1.54) is 30.8 Å². The second-order valence-corrected chi connectivity index (χ2v) is 20.3. The third-order valence-electron chi connectivity index (χ3n) is 14.8. The number of piperazine rings is 1. The number of benzene rings is 1. The maximum atomic E-state index is 16.5. The minimum Gasteiger partial charge on any atom is -0.392 e. The minimum absolute atomic E-state index is 0.0136. The third kappa shape index (κ3) is 13.8. The van der Waals surface area contributed by atoms with Gasteiger partial charge in [-0.15, -0.1) is 13.2 Å². The van der Waals surface area contributed by atoms with E-state index in [0.717, 1.165) is 89.9 Å². The lowest BCUT2D eigenvalue weighted by Crippen LogP contribution is -2.44. The summed E-state index contributed by atoms with van der Waals surface area (Å²) in [5.41, 5.74) is 2.53. The van der Waals surface area contributed by atoms with Crippen LogP contribution in [0.5, 0.6) is 0 Å². The SMILES string of the molecule is C=C(C)Cl.C=CC1C=C(F)C=C(C2CCN(CC3CCC(CCOC4CC=CC(F)=C4c4c(Cl)cc5c(N6CCN(C=C)CC6)ncnc5c4F)CC3)CC2)C1CN(C)C(C=C)CCC(=C)NC. The summed E-state index contributed by atoms with van der Waals surface area (Å²) in [5, 5.41) is 4.41. The molecule has 0 amide bonds. The molecule has 13 heteroatoms. The summed E-state index contributed by atoms with van der Waals surface area (Å²) in [7, 11) is 4.06.